The molecule has 6 nitrogen and oxygen atoms in total. The fourth-order valence-corrected chi connectivity index (χ4v) is 5.06. The summed E-state index contributed by atoms with van der Waals surface area (Å²) in [5, 5.41) is 0. The summed E-state index contributed by atoms with van der Waals surface area (Å²) in [6.07, 6.45) is 4.67. The van der Waals surface area contributed by atoms with Crippen molar-refractivity contribution in [3.05, 3.63) is 78.6 Å². The van der Waals surface area contributed by atoms with Crippen LogP contribution in [0.5, 0.6) is 0 Å². The summed E-state index contributed by atoms with van der Waals surface area (Å²) in [6, 6.07) is 22.9. The van der Waals surface area contributed by atoms with E-state index in [1.807, 2.05) is 24.3 Å². The maximum absolute atomic E-state index is 13.4. The zero-order valence-electron chi connectivity index (χ0n) is 19.7. The van der Waals surface area contributed by atoms with Gasteiger partial charge in [0.25, 0.3) is 0 Å². The zero-order valence-corrected chi connectivity index (χ0v) is 19.7. The van der Waals surface area contributed by atoms with Crippen LogP contribution in [0.3, 0.4) is 0 Å². The Morgan fingerprint density at radius 2 is 1.62 bits per heavy atom. The van der Waals surface area contributed by atoms with Crippen molar-refractivity contribution in [3.8, 4) is 11.3 Å². The van der Waals surface area contributed by atoms with Gasteiger partial charge in [0.05, 0.1) is 11.6 Å². The summed E-state index contributed by atoms with van der Waals surface area (Å²) < 4.78 is 0. The highest BCUT2D eigenvalue weighted by Gasteiger charge is 2.31. The molecule has 1 atom stereocenters. The lowest BCUT2D eigenvalue weighted by Crippen LogP contribution is -2.52. The summed E-state index contributed by atoms with van der Waals surface area (Å²) in [4.78, 5) is 29.2. The maximum Gasteiger partial charge on any atom is 0.227 e. The van der Waals surface area contributed by atoms with Crippen molar-refractivity contribution in [3.63, 3.8) is 0 Å². The van der Waals surface area contributed by atoms with E-state index < -0.39 is 0 Å². The molecule has 176 valence electrons. The molecule has 0 saturated carbocycles. The number of aromatic nitrogens is 2. The largest absolute Gasteiger partial charge is 0.356 e. The van der Waals surface area contributed by atoms with Crippen molar-refractivity contribution in [2.24, 2.45) is 5.92 Å². The highest BCUT2D eigenvalue weighted by atomic mass is 16.2. The Labute approximate surface area is 202 Å². The van der Waals surface area contributed by atoms with Crippen LogP contribution in [-0.2, 0) is 11.2 Å². The topological polar surface area (TPSA) is 52.6 Å². The van der Waals surface area contributed by atoms with E-state index in [4.69, 9.17) is 0 Å². The molecule has 1 amide bonds. The molecule has 2 fully saturated rings. The minimum atomic E-state index is 0.0414. The van der Waals surface area contributed by atoms with Gasteiger partial charge in [0.1, 0.15) is 12.1 Å². The van der Waals surface area contributed by atoms with E-state index in [1.165, 1.54) is 5.56 Å². The molecule has 1 unspecified atom stereocenters. The average molecular weight is 456 g/mol. The van der Waals surface area contributed by atoms with Crippen LogP contribution in [0.25, 0.3) is 11.3 Å². The van der Waals surface area contributed by atoms with Crippen LogP contribution in [0, 0.1) is 5.92 Å². The normalized spacial score (nSPS) is 19.2. The standard InChI is InChI=1S/C28H33N5O/c34-28(32-18-16-31(17-19-32)15-13-23-8-3-1-4-9-23)25-12-7-14-33(21-25)27-20-26(29-22-30-27)24-10-5-2-6-11-24/h1-6,8-11,20,22,25H,7,12-19,21H2. The third kappa shape index (κ3) is 5.45. The first kappa shape index (κ1) is 22.5. The van der Waals surface area contributed by atoms with Crippen molar-refractivity contribution >= 4 is 11.7 Å². The number of rotatable bonds is 6. The molecule has 6 heteroatoms. The van der Waals surface area contributed by atoms with Gasteiger partial charge >= 0.3 is 0 Å². The number of carbonyl (C=O) groups excluding carboxylic acids is 1. The van der Waals surface area contributed by atoms with E-state index in [-0.39, 0.29) is 5.92 Å². The predicted molar refractivity (Wildman–Crippen MR) is 136 cm³/mol. The third-order valence-corrected chi connectivity index (χ3v) is 7.06. The van der Waals surface area contributed by atoms with Crippen LogP contribution >= 0.6 is 0 Å². The molecule has 0 N–H and O–H groups in total. The van der Waals surface area contributed by atoms with Crippen molar-refractivity contribution in [2.45, 2.75) is 19.3 Å². The molecule has 2 aliphatic rings. The molecule has 0 bridgehead atoms. The Balaban J connectivity index is 1.15. The highest BCUT2D eigenvalue weighted by Crippen LogP contribution is 2.26. The number of nitrogens with zero attached hydrogens (tertiary/aromatic N) is 5. The van der Waals surface area contributed by atoms with Gasteiger partial charge in [0.2, 0.25) is 5.91 Å². The first-order chi connectivity index (χ1) is 16.8. The van der Waals surface area contributed by atoms with Gasteiger partial charge in [0, 0.05) is 57.4 Å². The first-order valence-corrected chi connectivity index (χ1v) is 12.4. The number of anilines is 1. The average Bonchev–Trinajstić information content (AvgIpc) is 2.93. The van der Waals surface area contributed by atoms with Gasteiger partial charge in [-0.05, 0) is 24.8 Å². The van der Waals surface area contributed by atoms with Crippen LogP contribution in [-0.4, -0.2) is 71.5 Å². The monoisotopic (exact) mass is 455 g/mol. The summed E-state index contributed by atoms with van der Waals surface area (Å²) in [7, 11) is 0. The van der Waals surface area contributed by atoms with Crippen molar-refractivity contribution in [1.29, 1.82) is 0 Å². The second-order valence-electron chi connectivity index (χ2n) is 9.32. The van der Waals surface area contributed by atoms with Crippen LogP contribution in [0.2, 0.25) is 0 Å². The van der Waals surface area contributed by atoms with Crippen molar-refractivity contribution < 1.29 is 4.79 Å². The Hall–Kier alpha value is -3.25. The Morgan fingerprint density at radius 1 is 0.882 bits per heavy atom. The third-order valence-electron chi connectivity index (χ3n) is 7.06. The van der Waals surface area contributed by atoms with E-state index in [1.54, 1.807) is 6.33 Å². The first-order valence-electron chi connectivity index (χ1n) is 12.4. The smallest absolute Gasteiger partial charge is 0.227 e. The lowest BCUT2D eigenvalue weighted by atomic mass is 9.96. The molecular formula is C28H33N5O. The fraction of sp³-hybridized carbons (Fsp3) is 0.393. The second-order valence-corrected chi connectivity index (χ2v) is 9.32. The lowest BCUT2D eigenvalue weighted by Gasteiger charge is -2.39. The van der Waals surface area contributed by atoms with E-state index >= 15 is 0 Å². The van der Waals surface area contributed by atoms with Crippen LogP contribution in [0.4, 0.5) is 5.82 Å². The molecule has 5 rings (SSSR count). The molecule has 1 aromatic heterocycles. The molecule has 3 heterocycles. The van der Waals surface area contributed by atoms with Gasteiger partial charge in [-0.2, -0.15) is 0 Å². The van der Waals surface area contributed by atoms with Crippen molar-refractivity contribution in [2.75, 3.05) is 50.7 Å². The number of benzene rings is 2. The van der Waals surface area contributed by atoms with Crippen LogP contribution in [0.15, 0.2) is 73.1 Å². The minimum Gasteiger partial charge on any atom is -0.356 e. The minimum absolute atomic E-state index is 0.0414. The zero-order chi connectivity index (χ0) is 23.2. The van der Waals surface area contributed by atoms with Gasteiger partial charge < -0.3 is 9.80 Å². The molecule has 2 aromatic carbocycles. The van der Waals surface area contributed by atoms with Gasteiger partial charge in [-0.3, -0.25) is 9.69 Å². The number of hydrogen-bond donors (Lipinski definition) is 0. The van der Waals surface area contributed by atoms with E-state index in [9.17, 15) is 4.79 Å². The number of piperidine rings is 1. The van der Waals surface area contributed by atoms with Gasteiger partial charge in [-0.1, -0.05) is 60.7 Å². The number of hydrogen-bond acceptors (Lipinski definition) is 5. The molecule has 2 aliphatic heterocycles. The molecule has 34 heavy (non-hydrogen) atoms. The van der Waals surface area contributed by atoms with Gasteiger partial charge in [0.15, 0.2) is 0 Å². The molecule has 0 aliphatic carbocycles. The molecular weight excluding hydrogens is 422 g/mol. The van der Waals surface area contributed by atoms with E-state index in [2.05, 4.69) is 67.1 Å². The van der Waals surface area contributed by atoms with Gasteiger partial charge in [-0.25, -0.2) is 9.97 Å². The maximum atomic E-state index is 13.4. The number of piperazine rings is 1. The van der Waals surface area contributed by atoms with Gasteiger partial charge in [-0.15, -0.1) is 0 Å². The Morgan fingerprint density at radius 3 is 2.38 bits per heavy atom. The van der Waals surface area contributed by atoms with Crippen LogP contribution < -0.4 is 4.90 Å². The summed E-state index contributed by atoms with van der Waals surface area (Å²) >= 11 is 0. The van der Waals surface area contributed by atoms with E-state index in [0.29, 0.717) is 5.91 Å². The second kappa shape index (κ2) is 10.8. The number of carbonyl (C=O) groups is 1. The fourth-order valence-electron chi connectivity index (χ4n) is 5.06. The Kier molecular flexibility index (Phi) is 7.15. The SMILES string of the molecule is O=C(C1CCCN(c2cc(-c3ccccc3)ncn2)C1)N1CCN(CCc2ccccc2)CC1. The predicted octanol–water partition coefficient (Wildman–Crippen LogP) is 3.75. The molecule has 0 spiro atoms. The quantitative estimate of drug-likeness (QED) is 0.567. The Bertz CT molecular complexity index is 1070. The highest BCUT2D eigenvalue weighted by molar-refractivity contribution is 5.80. The van der Waals surface area contributed by atoms with Crippen molar-refractivity contribution in [1.82, 2.24) is 19.8 Å². The summed E-state index contributed by atoms with van der Waals surface area (Å²) in [6.45, 7) is 6.30. The summed E-state index contributed by atoms with van der Waals surface area (Å²) in [5.74, 6) is 1.27. The van der Waals surface area contributed by atoms with E-state index in [0.717, 1.165) is 82.2 Å². The molecule has 3 aromatic rings. The van der Waals surface area contributed by atoms with Crippen LogP contribution in [0.1, 0.15) is 18.4 Å². The molecule has 0 radical (unpaired) electrons. The molecule has 2 saturated heterocycles. The lowest BCUT2D eigenvalue weighted by molar-refractivity contribution is -0.137. The number of amides is 1. The summed E-state index contributed by atoms with van der Waals surface area (Å²) in [5.41, 5.74) is 3.38.